The molecule has 2 heterocycles. The van der Waals surface area contributed by atoms with E-state index in [9.17, 15) is 24.3 Å². The van der Waals surface area contributed by atoms with Gasteiger partial charge in [0.05, 0.1) is 6.54 Å². The summed E-state index contributed by atoms with van der Waals surface area (Å²) < 4.78 is 0. The van der Waals surface area contributed by atoms with E-state index in [2.05, 4.69) is 10.6 Å². The molecule has 1 aliphatic carbocycles. The second-order valence-corrected chi connectivity index (χ2v) is 9.61. The van der Waals surface area contributed by atoms with Crippen molar-refractivity contribution in [1.29, 1.82) is 0 Å². The van der Waals surface area contributed by atoms with Gasteiger partial charge in [0.1, 0.15) is 5.54 Å². The summed E-state index contributed by atoms with van der Waals surface area (Å²) in [7, 11) is 0. The molecule has 9 nitrogen and oxygen atoms in total. The molecule has 5 amide bonds. The van der Waals surface area contributed by atoms with Gasteiger partial charge in [-0.15, -0.1) is 0 Å². The quantitative estimate of drug-likeness (QED) is 0.546. The monoisotopic (exact) mass is 422 g/mol. The average Bonchev–Trinajstić information content (AvgIpc) is 3.22. The Morgan fingerprint density at radius 3 is 2.40 bits per heavy atom. The zero-order chi connectivity index (χ0) is 22.1. The SMILES string of the molecule is CC(C)CC(=O)N1CCC(NC(=O)[C@](C)(O)CN2C(=O)NC3(CCCC3)C2=O)CC1. The number of likely N-dealkylation sites (tertiary alicyclic amines) is 1. The minimum Gasteiger partial charge on any atom is -0.378 e. The van der Waals surface area contributed by atoms with Gasteiger partial charge in [0.2, 0.25) is 5.91 Å². The zero-order valence-electron chi connectivity index (χ0n) is 18.2. The van der Waals surface area contributed by atoms with Crippen molar-refractivity contribution in [3.05, 3.63) is 0 Å². The number of aliphatic hydroxyl groups is 1. The van der Waals surface area contributed by atoms with Crippen LogP contribution in [0.2, 0.25) is 0 Å². The first-order chi connectivity index (χ1) is 14.0. The Labute approximate surface area is 177 Å². The first-order valence-corrected chi connectivity index (χ1v) is 11.0. The van der Waals surface area contributed by atoms with Crippen LogP contribution >= 0.6 is 0 Å². The van der Waals surface area contributed by atoms with Crippen molar-refractivity contribution in [3.8, 4) is 0 Å². The minimum absolute atomic E-state index is 0.126. The second-order valence-electron chi connectivity index (χ2n) is 9.61. The van der Waals surface area contributed by atoms with E-state index in [1.54, 1.807) is 0 Å². The number of amides is 5. The highest BCUT2D eigenvalue weighted by Crippen LogP contribution is 2.35. The molecule has 1 atom stereocenters. The molecule has 2 saturated heterocycles. The number of hydrogen-bond acceptors (Lipinski definition) is 5. The fourth-order valence-corrected chi connectivity index (χ4v) is 4.61. The van der Waals surface area contributed by atoms with Gasteiger partial charge < -0.3 is 20.6 Å². The lowest BCUT2D eigenvalue weighted by molar-refractivity contribution is -0.143. The van der Waals surface area contributed by atoms with Crippen molar-refractivity contribution in [2.75, 3.05) is 19.6 Å². The molecule has 0 bridgehead atoms. The molecule has 2 aliphatic heterocycles. The van der Waals surface area contributed by atoms with Crippen molar-refractivity contribution in [2.24, 2.45) is 5.92 Å². The summed E-state index contributed by atoms with van der Waals surface area (Å²) in [6.07, 6.45) is 4.66. The maximum Gasteiger partial charge on any atom is 0.325 e. The van der Waals surface area contributed by atoms with Crippen LogP contribution in [0.1, 0.15) is 65.7 Å². The fourth-order valence-electron chi connectivity index (χ4n) is 4.61. The first kappa shape index (κ1) is 22.5. The summed E-state index contributed by atoms with van der Waals surface area (Å²) in [5.74, 6) is -0.530. The Balaban J connectivity index is 1.52. The van der Waals surface area contributed by atoms with Gasteiger partial charge in [-0.3, -0.25) is 19.3 Å². The molecular weight excluding hydrogens is 388 g/mol. The Bertz CT molecular complexity index is 706. The highest BCUT2D eigenvalue weighted by molar-refractivity contribution is 6.07. The maximum atomic E-state index is 12.8. The Kier molecular flexibility index (Phi) is 6.40. The molecule has 0 aromatic heterocycles. The van der Waals surface area contributed by atoms with E-state index < -0.39 is 23.1 Å². The van der Waals surface area contributed by atoms with Gasteiger partial charge in [0.15, 0.2) is 5.60 Å². The molecule has 0 radical (unpaired) electrons. The van der Waals surface area contributed by atoms with E-state index >= 15 is 0 Å². The van der Waals surface area contributed by atoms with Crippen molar-refractivity contribution < 1.29 is 24.3 Å². The summed E-state index contributed by atoms with van der Waals surface area (Å²) in [5, 5.41) is 16.3. The fraction of sp³-hybridized carbons (Fsp3) is 0.810. The molecule has 3 fully saturated rings. The second kappa shape index (κ2) is 8.53. The smallest absolute Gasteiger partial charge is 0.325 e. The number of imide groups is 1. The van der Waals surface area contributed by atoms with E-state index in [1.165, 1.54) is 6.92 Å². The highest BCUT2D eigenvalue weighted by Gasteiger charge is 2.54. The lowest BCUT2D eigenvalue weighted by atomic mass is 9.97. The normalized spacial score (nSPS) is 23.8. The summed E-state index contributed by atoms with van der Waals surface area (Å²) in [6, 6.07) is -0.705. The van der Waals surface area contributed by atoms with Crippen LogP contribution in [0.15, 0.2) is 0 Å². The van der Waals surface area contributed by atoms with Gasteiger partial charge in [0, 0.05) is 25.6 Å². The standard InChI is InChI=1S/C21H34N4O5/c1-14(2)12-16(26)24-10-6-15(7-11-24)22-17(27)20(3,30)13-25-18(28)21(23-19(25)29)8-4-5-9-21/h14-15,30H,4-13H2,1-3H3,(H,22,27)(H,23,29)/t20-/m1/s1. The van der Waals surface area contributed by atoms with Crippen LogP contribution in [0.4, 0.5) is 4.79 Å². The zero-order valence-corrected chi connectivity index (χ0v) is 18.2. The number of carbonyl (C=O) groups is 4. The van der Waals surface area contributed by atoms with Crippen LogP contribution in [0.5, 0.6) is 0 Å². The van der Waals surface area contributed by atoms with Gasteiger partial charge in [0.25, 0.3) is 11.8 Å². The van der Waals surface area contributed by atoms with E-state index in [-0.39, 0.29) is 24.4 Å². The van der Waals surface area contributed by atoms with Gasteiger partial charge in [-0.2, -0.15) is 0 Å². The third-order valence-corrected chi connectivity index (χ3v) is 6.42. The largest absolute Gasteiger partial charge is 0.378 e. The van der Waals surface area contributed by atoms with E-state index in [4.69, 9.17) is 0 Å². The molecule has 30 heavy (non-hydrogen) atoms. The molecular formula is C21H34N4O5. The topological polar surface area (TPSA) is 119 Å². The van der Waals surface area contributed by atoms with Crippen LogP contribution in [-0.2, 0) is 14.4 Å². The number of piperidine rings is 1. The molecule has 0 aromatic carbocycles. The third-order valence-electron chi connectivity index (χ3n) is 6.42. The van der Waals surface area contributed by atoms with Crippen molar-refractivity contribution in [1.82, 2.24) is 20.4 Å². The molecule has 168 valence electrons. The molecule has 0 aromatic rings. The molecule has 1 saturated carbocycles. The van der Waals surface area contributed by atoms with Crippen LogP contribution in [0.3, 0.4) is 0 Å². The van der Waals surface area contributed by atoms with Gasteiger partial charge >= 0.3 is 6.03 Å². The average molecular weight is 423 g/mol. The number of nitrogens with one attached hydrogen (secondary N) is 2. The van der Waals surface area contributed by atoms with Crippen LogP contribution in [-0.4, -0.2) is 75.5 Å². The molecule has 3 N–H and O–H groups in total. The molecule has 3 rings (SSSR count). The van der Waals surface area contributed by atoms with Gasteiger partial charge in [-0.25, -0.2) is 4.79 Å². The highest BCUT2D eigenvalue weighted by atomic mass is 16.3. The van der Waals surface area contributed by atoms with Crippen molar-refractivity contribution in [3.63, 3.8) is 0 Å². The lowest BCUT2D eigenvalue weighted by Gasteiger charge is -2.35. The number of rotatable bonds is 6. The summed E-state index contributed by atoms with van der Waals surface area (Å²) >= 11 is 0. The van der Waals surface area contributed by atoms with Crippen molar-refractivity contribution in [2.45, 2.75) is 82.9 Å². The van der Waals surface area contributed by atoms with E-state index in [0.717, 1.165) is 17.7 Å². The van der Waals surface area contributed by atoms with Crippen molar-refractivity contribution >= 4 is 23.8 Å². The number of hydrogen-bond donors (Lipinski definition) is 3. The maximum absolute atomic E-state index is 12.8. The summed E-state index contributed by atoms with van der Waals surface area (Å²) in [6.45, 7) is 6.09. The summed E-state index contributed by atoms with van der Waals surface area (Å²) in [4.78, 5) is 52.8. The molecule has 3 aliphatic rings. The molecule has 1 spiro atoms. The van der Waals surface area contributed by atoms with E-state index in [1.807, 2.05) is 18.7 Å². The number of carbonyl (C=O) groups excluding carboxylic acids is 4. The number of urea groups is 1. The third kappa shape index (κ3) is 4.61. The predicted octanol–water partition coefficient (Wildman–Crippen LogP) is 0.755. The van der Waals surface area contributed by atoms with Crippen LogP contribution in [0.25, 0.3) is 0 Å². The van der Waals surface area contributed by atoms with Crippen LogP contribution < -0.4 is 10.6 Å². The summed E-state index contributed by atoms with van der Waals surface area (Å²) in [5.41, 5.74) is -2.75. The first-order valence-electron chi connectivity index (χ1n) is 11.0. The van der Waals surface area contributed by atoms with Gasteiger partial charge in [-0.1, -0.05) is 26.7 Å². The predicted molar refractivity (Wildman–Crippen MR) is 109 cm³/mol. The Morgan fingerprint density at radius 2 is 1.83 bits per heavy atom. The minimum atomic E-state index is -1.89. The van der Waals surface area contributed by atoms with E-state index in [0.29, 0.717) is 51.1 Å². The Hall–Kier alpha value is -2.16. The molecule has 0 unspecified atom stereocenters. The van der Waals surface area contributed by atoms with Crippen LogP contribution in [0, 0.1) is 5.92 Å². The number of nitrogens with zero attached hydrogens (tertiary/aromatic N) is 2. The van der Waals surface area contributed by atoms with Gasteiger partial charge in [-0.05, 0) is 38.5 Å². The lowest BCUT2D eigenvalue weighted by Crippen LogP contribution is -2.57. The Morgan fingerprint density at radius 1 is 1.23 bits per heavy atom. The molecule has 9 heteroatoms. The number of β-amino-alcohol motifs (C(OH)–C–C–N with tert-alkyl or cyclic N) is 1.